The number of ether oxygens (including phenoxy) is 2. The van der Waals surface area contributed by atoms with Crippen LogP contribution in [0, 0.1) is 0 Å². The molecule has 1 aliphatic heterocycles. The Hall–Kier alpha value is -3.17. The second-order valence-electron chi connectivity index (χ2n) is 6.79. The number of halogens is 3. The molecule has 156 valence electrons. The van der Waals surface area contributed by atoms with E-state index < -0.39 is 12.8 Å². The fraction of sp³-hybridized carbons (Fsp3) is 0.238. The monoisotopic (exact) mass is 417 g/mol. The summed E-state index contributed by atoms with van der Waals surface area (Å²) in [5.41, 5.74) is 2.05. The first-order chi connectivity index (χ1) is 14.3. The molecule has 4 rings (SSSR count). The van der Waals surface area contributed by atoms with E-state index in [2.05, 4.69) is 14.7 Å². The Morgan fingerprint density at radius 2 is 1.80 bits per heavy atom. The van der Waals surface area contributed by atoms with Crippen LogP contribution in [0.4, 0.5) is 13.2 Å². The van der Waals surface area contributed by atoms with E-state index >= 15 is 0 Å². The van der Waals surface area contributed by atoms with Crippen molar-refractivity contribution in [3.05, 3.63) is 72.3 Å². The molecule has 1 aromatic heterocycles. The largest absolute Gasteiger partial charge is 0.573 e. The van der Waals surface area contributed by atoms with Crippen molar-refractivity contribution < 1.29 is 27.8 Å². The van der Waals surface area contributed by atoms with Crippen LogP contribution in [0.1, 0.15) is 24.4 Å². The van der Waals surface area contributed by atoms with E-state index in [0.29, 0.717) is 22.7 Å². The zero-order valence-electron chi connectivity index (χ0n) is 15.9. The van der Waals surface area contributed by atoms with Crippen molar-refractivity contribution in [2.45, 2.75) is 32.3 Å². The number of aliphatic hydroxyl groups excluding tert-OH is 1. The van der Waals surface area contributed by atoms with E-state index in [1.165, 1.54) is 18.2 Å². The van der Waals surface area contributed by atoms with Gasteiger partial charge in [0.1, 0.15) is 17.3 Å². The SMILES string of the molecule is CC1c2cc(-c3cccc(OC(F)(F)F)c3)ccc2OC(O)N1Cc1ncccn1. The molecule has 0 bridgehead atoms. The highest BCUT2D eigenvalue weighted by atomic mass is 19.4. The minimum atomic E-state index is -4.76. The van der Waals surface area contributed by atoms with Gasteiger partial charge in [-0.1, -0.05) is 18.2 Å². The maximum atomic E-state index is 12.5. The van der Waals surface area contributed by atoms with Gasteiger partial charge in [0.05, 0.1) is 6.54 Å². The summed E-state index contributed by atoms with van der Waals surface area (Å²) in [6, 6.07) is 12.5. The van der Waals surface area contributed by atoms with Crippen LogP contribution in [0.5, 0.6) is 11.5 Å². The highest BCUT2D eigenvalue weighted by molar-refractivity contribution is 5.67. The first-order valence-electron chi connectivity index (χ1n) is 9.17. The normalized spacial score (nSPS) is 19.1. The van der Waals surface area contributed by atoms with Gasteiger partial charge in [-0.05, 0) is 48.4 Å². The molecule has 30 heavy (non-hydrogen) atoms. The number of fused-ring (bicyclic) bond motifs is 1. The smallest absolute Gasteiger partial charge is 0.451 e. The lowest BCUT2D eigenvalue weighted by Crippen LogP contribution is -2.44. The maximum Gasteiger partial charge on any atom is 0.573 e. The topological polar surface area (TPSA) is 67.7 Å². The maximum absolute atomic E-state index is 12.5. The number of aromatic nitrogens is 2. The number of rotatable bonds is 4. The van der Waals surface area contributed by atoms with Crippen LogP contribution in [0.15, 0.2) is 60.9 Å². The molecule has 0 fully saturated rings. The van der Waals surface area contributed by atoms with Gasteiger partial charge in [0.15, 0.2) is 0 Å². The summed E-state index contributed by atoms with van der Waals surface area (Å²) in [7, 11) is 0. The number of hydrogen-bond donors (Lipinski definition) is 1. The average Bonchev–Trinajstić information content (AvgIpc) is 2.71. The molecule has 6 nitrogen and oxygen atoms in total. The predicted molar refractivity (Wildman–Crippen MR) is 101 cm³/mol. The molecule has 2 atom stereocenters. The molecular formula is C21H18F3N3O3. The molecule has 2 aromatic carbocycles. The minimum absolute atomic E-state index is 0.248. The van der Waals surface area contributed by atoms with Crippen LogP contribution in [0.3, 0.4) is 0 Å². The van der Waals surface area contributed by atoms with Gasteiger partial charge in [0.2, 0.25) is 0 Å². The molecule has 1 aliphatic rings. The fourth-order valence-electron chi connectivity index (χ4n) is 3.38. The Kier molecular flexibility index (Phi) is 5.31. The summed E-state index contributed by atoms with van der Waals surface area (Å²) >= 11 is 0. The Labute approximate surface area is 170 Å². The molecule has 3 aromatic rings. The summed E-state index contributed by atoms with van der Waals surface area (Å²) in [4.78, 5) is 10.0. The Bertz CT molecular complexity index is 1030. The van der Waals surface area contributed by atoms with Crippen molar-refractivity contribution in [2.75, 3.05) is 0 Å². The summed E-state index contributed by atoms with van der Waals surface area (Å²) in [6.07, 6.45) is -2.70. The van der Waals surface area contributed by atoms with Crippen molar-refractivity contribution in [1.29, 1.82) is 0 Å². The van der Waals surface area contributed by atoms with E-state index in [9.17, 15) is 18.3 Å². The quantitative estimate of drug-likeness (QED) is 0.684. The Morgan fingerprint density at radius 1 is 1.07 bits per heavy atom. The zero-order chi connectivity index (χ0) is 21.3. The van der Waals surface area contributed by atoms with Gasteiger partial charge in [-0.25, -0.2) is 14.9 Å². The van der Waals surface area contributed by atoms with Gasteiger partial charge in [-0.2, -0.15) is 0 Å². The molecule has 0 saturated carbocycles. The van der Waals surface area contributed by atoms with Gasteiger partial charge in [-0.15, -0.1) is 13.2 Å². The highest BCUT2D eigenvalue weighted by Gasteiger charge is 2.33. The van der Waals surface area contributed by atoms with Crippen LogP contribution in [0.2, 0.25) is 0 Å². The standard InChI is InChI=1S/C21H18F3N3O3/c1-13-17-11-15(14-4-2-5-16(10-14)30-21(22,23)24)6-7-18(17)29-20(28)27(13)12-19-25-8-3-9-26-19/h2-11,13,20,28H,12H2,1H3. The number of alkyl halides is 3. The fourth-order valence-corrected chi connectivity index (χ4v) is 3.38. The van der Waals surface area contributed by atoms with Gasteiger partial charge in [0, 0.05) is 24.0 Å². The molecule has 2 heterocycles. The Morgan fingerprint density at radius 3 is 2.53 bits per heavy atom. The molecule has 0 amide bonds. The van der Waals surface area contributed by atoms with Crippen LogP contribution in [-0.2, 0) is 6.54 Å². The first kappa shape index (κ1) is 20.1. The lowest BCUT2D eigenvalue weighted by atomic mass is 9.97. The number of benzene rings is 2. The second-order valence-corrected chi connectivity index (χ2v) is 6.79. The Balaban J connectivity index is 1.63. The van der Waals surface area contributed by atoms with E-state index in [1.807, 2.05) is 13.0 Å². The molecular weight excluding hydrogens is 399 g/mol. The second kappa shape index (κ2) is 7.92. The van der Waals surface area contributed by atoms with Crippen LogP contribution in [0.25, 0.3) is 11.1 Å². The molecule has 0 radical (unpaired) electrons. The van der Waals surface area contributed by atoms with Crippen molar-refractivity contribution >= 4 is 0 Å². The van der Waals surface area contributed by atoms with Crippen LogP contribution in [-0.4, -0.2) is 32.8 Å². The third kappa shape index (κ3) is 4.37. The number of aliphatic hydroxyl groups is 1. The third-order valence-corrected chi connectivity index (χ3v) is 4.82. The third-order valence-electron chi connectivity index (χ3n) is 4.82. The minimum Gasteiger partial charge on any atom is -0.451 e. The van der Waals surface area contributed by atoms with Gasteiger partial charge in [-0.3, -0.25) is 0 Å². The summed E-state index contributed by atoms with van der Waals surface area (Å²) in [5, 5.41) is 10.4. The predicted octanol–water partition coefficient (Wildman–Crippen LogP) is 4.27. The molecule has 0 aliphatic carbocycles. The summed E-state index contributed by atoms with van der Waals surface area (Å²) < 4.78 is 47.2. The zero-order valence-corrected chi connectivity index (χ0v) is 15.9. The van der Waals surface area contributed by atoms with E-state index in [-0.39, 0.29) is 18.3 Å². The first-order valence-corrected chi connectivity index (χ1v) is 9.17. The molecule has 9 heteroatoms. The highest BCUT2D eigenvalue weighted by Crippen LogP contribution is 2.39. The summed E-state index contributed by atoms with van der Waals surface area (Å²) in [6.45, 7) is 2.17. The van der Waals surface area contributed by atoms with Crippen LogP contribution < -0.4 is 9.47 Å². The molecule has 1 N–H and O–H groups in total. The van der Waals surface area contributed by atoms with Crippen molar-refractivity contribution in [1.82, 2.24) is 14.9 Å². The van der Waals surface area contributed by atoms with Gasteiger partial charge < -0.3 is 14.6 Å². The van der Waals surface area contributed by atoms with E-state index in [4.69, 9.17) is 4.74 Å². The molecule has 2 unspecified atom stereocenters. The summed E-state index contributed by atoms with van der Waals surface area (Å²) in [5.74, 6) is 0.746. The van der Waals surface area contributed by atoms with Gasteiger partial charge >= 0.3 is 6.36 Å². The molecule has 0 spiro atoms. The lowest BCUT2D eigenvalue weighted by Gasteiger charge is -2.38. The lowest BCUT2D eigenvalue weighted by molar-refractivity contribution is -0.274. The van der Waals surface area contributed by atoms with Crippen LogP contribution >= 0.6 is 0 Å². The molecule has 0 saturated heterocycles. The van der Waals surface area contributed by atoms with Gasteiger partial charge in [0.25, 0.3) is 6.41 Å². The van der Waals surface area contributed by atoms with Crippen molar-refractivity contribution in [2.24, 2.45) is 0 Å². The van der Waals surface area contributed by atoms with E-state index in [0.717, 1.165) is 5.56 Å². The van der Waals surface area contributed by atoms with E-state index in [1.54, 1.807) is 41.6 Å². The van der Waals surface area contributed by atoms with Crippen molar-refractivity contribution in [3.8, 4) is 22.6 Å². The number of nitrogens with zero attached hydrogens (tertiary/aromatic N) is 3. The number of hydrogen-bond acceptors (Lipinski definition) is 6. The average molecular weight is 417 g/mol. The van der Waals surface area contributed by atoms with Crippen molar-refractivity contribution in [3.63, 3.8) is 0 Å².